The van der Waals surface area contributed by atoms with Crippen LogP contribution < -0.4 is 10.1 Å². The van der Waals surface area contributed by atoms with E-state index in [1.165, 1.54) is 0 Å². The van der Waals surface area contributed by atoms with E-state index >= 15 is 0 Å². The Balaban J connectivity index is 1.52. The third kappa shape index (κ3) is 3.82. The van der Waals surface area contributed by atoms with Crippen LogP contribution in [0, 0.1) is 0 Å². The van der Waals surface area contributed by atoms with Crippen LogP contribution in [0.25, 0.3) is 5.95 Å². The molecule has 0 aliphatic heterocycles. The predicted octanol–water partition coefficient (Wildman–Crippen LogP) is 3.71. The van der Waals surface area contributed by atoms with Gasteiger partial charge in [0, 0.05) is 12.4 Å². The van der Waals surface area contributed by atoms with Gasteiger partial charge in [-0.2, -0.15) is 0 Å². The van der Waals surface area contributed by atoms with E-state index < -0.39 is 0 Å². The fourth-order valence-electron chi connectivity index (χ4n) is 2.45. The lowest BCUT2D eigenvalue weighted by Gasteiger charge is -2.11. The van der Waals surface area contributed by atoms with Gasteiger partial charge in [-0.3, -0.25) is 9.36 Å². The summed E-state index contributed by atoms with van der Waals surface area (Å²) in [5.41, 5.74) is 0.901. The highest BCUT2D eigenvalue weighted by Gasteiger charge is 2.13. The molecule has 0 unspecified atom stereocenters. The molecule has 2 aromatic carbocycles. The number of imidazole rings is 1. The van der Waals surface area contributed by atoms with Crippen molar-refractivity contribution in [3.63, 3.8) is 0 Å². The molecule has 7 heteroatoms. The molecule has 7 nitrogen and oxygen atoms in total. The van der Waals surface area contributed by atoms with Crippen LogP contribution in [0.3, 0.4) is 0 Å². The van der Waals surface area contributed by atoms with Gasteiger partial charge in [0.15, 0.2) is 0 Å². The average Bonchev–Trinajstić information content (AvgIpc) is 3.25. The standard InChI is InChI=1S/C20H15N5O2/c26-19(24-15-12-22-20(23-13-15)25-11-10-21-14-25)17-8-4-5-9-18(17)27-16-6-2-1-3-7-16/h1-14H,(H,24,26). The minimum Gasteiger partial charge on any atom is -0.457 e. The second-order valence-electron chi connectivity index (χ2n) is 5.61. The number of carbonyl (C=O) groups excluding carboxylic acids is 1. The number of aromatic nitrogens is 4. The second kappa shape index (κ2) is 7.49. The van der Waals surface area contributed by atoms with Crippen LogP contribution in [0.1, 0.15) is 10.4 Å². The lowest BCUT2D eigenvalue weighted by molar-refractivity contribution is 0.102. The summed E-state index contributed by atoms with van der Waals surface area (Å²) in [7, 11) is 0. The van der Waals surface area contributed by atoms with Crippen LogP contribution in [-0.4, -0.2) is 25.4 Å². The third-order valence-electron chi connectivity index (χ3n) is 3.73. The molecule has 4 aromatic rings. The van der Waals surface area contributed by atoms with E-state index in [4.69, 9.17) is 4.74 Å². The first kappa shape index (κ1) is 16.5. The van der Waals surface area contributed by atoms with Crippen molar-refractivity contribution in [3.05, 3.63) is 91.3 Å². The number of carbonyl (C=O) groups is 1. The summed E-state index contributed by atoms with van der Waals surface area (Å²) in [6.45, 7) is 0. The fourth-order valence-corrected chi connectivity index (χ4v) is 2.45. The summed E-state index contributed by atoms with van der Waals surface area (Å²) >= 11 is 0. The highest BCUT2D eigenvalue weighted by atomic mass is 16.5. The van der Waals surface area contributed by atoms with E-state index in [9.17, 15) is 4.79 Å². The Labute approximate surface area is 155 Å². The maximum atomic E-state index is 12.7. The van der Waals surface area contributed by atoms with Gasteiger partial charge in [-0.25, -0.2) is 15.0 Å². The Hall–Kier alpha value is -4.00. The van der Waals surface area contributed by atoms with Crippen LogP contribution in [0.15, 0.2) is 85.7 Å². The number of rotatable bonds is 5. The van der Waals surface area contributed by atoms with Crippen molar-refractivity contribution in [2.24, 2.45) is 0 Å². The molecule has 0 aliphatic carbocycles. The van der Waals surface area contributed by atoms with Gasteiger partial charge in [0.05, 0.1) is 23.6 Å². The molecule has 0 radical (unpaired) electrons. The van der Waals surface area contributed by atoms with E-state index in [1.54, 1.807) is 53.9 Å². The van der Waals surface area contributed by atoms with Crippen LogP contribution in [0.4, 0.5) is 5.69 Å². The normalized spacial score (nSPS) is 10.4. The first-order chi connectivity index (χ1) is 13.3. The van der Waals surface area contributed by atoms with Crippen molar-refractivity contribution in [2.45, 2.75) is 0 Å². The lowest BCUT2D eigenvalue weighted by Crippen LogP contribution is -2.13. The van der Waals surface area contributed by atoms with Gasteiger partial charge < -0.3 is 10.1 Å². The molecule has 0 saturated heterocycles. The Kier molecular flexibility index (Phi) is 4.57. The fraction of sp³-hybridized carbons (Fsp3) is 0. The van der Waals surface area contributed by atoms with Gasteiger partial charge >= 0.3 is 0 Å². The Morgan fingerprint density at radius 1 is 0.963 bits per heavy atom. The van der Waals surface area contributed by atoms with Crippen molar-refractivity contribution >= 4 is 11.6 Å². The van der Waals surface area contributed by atoms with E-state index in [2.05, 4.69) is 20.3 Å². The number of hydrogen-bond donors (Lipinski definition) is 1. The summed E-state index contributed by atoms with van der Waals surface area (Å²) in [6.07, 6.45) is 8.07. The first-order valence-electron chi connectivity index (χ1n) is 8.23. The van der Waals surface area contributed by atoms with Crippen LogP contribution in [0.5, 0.6) is 11.5 Å². The van der Waals surface area contributed by atoms with Crippen LogP contribution in [0.2, 0.25) is 0 Å². The SMILES string of the molecule is O=C(Nc1cnc(-n2ccnc2)nc1)c1ccccc1Oc1ccccc1. The molecule has 0 fully saturated rings. The Morgan fingerprint density at radius 2 is 1.70 bits per heavy atom. The quantitative estimate of drug-likeness (QED) is 0.589. The lowest BCUT2D eigenvalue weighted by atomic mass is 10.2. The maximum absolute atomic E-state index is 12.7. The molecule has 1 N–H and O–H groups in total. The molecule has 0 atom stereocenters. The number of nitrogens with one attached hydrogen (secondary N) is 1. The molecule has 132 valence electrons. The number of anilines is 1. The molecule has 0 bridgehead atoms. The van der Waals surface area contributed by atoms with Crippen LogP contribution in [-0.2, 0) is 0 Å². The minimum absolute atomic E-state index is 0.305. The molecule has 0 aliphatic rings. The van der Waals surface area contributed by atoms with Gasteiger partial charge in [-0.05, 0) is 24.3 Å². The second-order valence-corrected chi connectivity index (χ2v) is 5.61. The van der Waals surface area contributed by atoms with Crippen molar-refractivity contribution in [1.82, 2.24) is 19.5 Å². The monoisotopic (exact) mass is 357 g/mol. The van der Waals surface area contributed by atoms with E-state index in [1.807, 2.05) is 36.4 Å². The van der Waals surface area contributed by atoms with E-state index in [0.29, 0.717) is 28.7 Å². The first-order valence-corrected chi connectivity index (χ1v) is 8.23. The van der Waals surface area contributed by atoms with E-state index in [0.717, 1.165) is 0 Å². The highest BCUT2D eigenvalue weighted by molar-refractivity contribution is 6.06. The van der Waals surface area contributed by atoms with Gasteiger partial charge in [0.25, 0.3) is 5.91 Å². The zero-order valence-corrected chi connectivity index (χ0v) is 14.2. The molecular formula is C20H15N5O2. The van der Waals surface area contributed by atoms with Crippen molar-refractivity contribution in [2.75, 3.05) is 5.32 Å². The van der Waals surface area contributed by atoms with Crippen molar-refractivity contribution < 1.29 is 9.53 Å². The number of hydrogen-bond acceptors (Lipinski definition) is 5. The zero-order valence-electron chi connectivity index (χ0n) is 14.2. The van der Waals surface area contributed by atoms with Crippen molar-refractivity contribution in [1.29, 1.82) is 0 Å². The topological polar surface area (TPSA) is 81.9 Å². The molecule has 4 rings (SSSR count). The predicted molar refractivity (Wildman–Crippen MR) is 100 cm³/mol. The Bertz CT molecular complexity index is 1030. The summed E-state index contributed by atoms with van der Waals surface area (Å²) in [5, 5.41) is 2.79. The molecule has 2 aromatic heterocycles. The smallest absolute Gasteiger partial charge is 0.259 e. The minimum atomic E-state index is -0.305. The van der Waals surface area contributed by atoms with Gasteiger partial charge in [0.1, 0.15) is 17.8 Å². The largest absolute Gasteiger partial charge is 0.457 e. The molecular weight excluding hydrogens is 342 g/mol. The number of para-hydroxylation sites is 2. The summed E-state index contributed by atoms with van der Waals surface area (Å²) in [5.74, 6) is 1.29. The summed E-state index contributed by atoms with van der Waals surface area (Å²) < 4.78 is 7.51. The summed E-state index contributed by atoms with van der Waals surface area (Å²) in [6, 6.07) is 16.4. The molecule has 0 saturated carbocycles. The van der Waals surface area contributed by atoms with Gasteiger partial charge in [-0.15, -0.1) is 0 Å². The number of benzene rings is 2. The Morgan fingerprint density at radius 3 is 2.44 bits per heavy atom. The number of amides is 1. The molecule has 27 heavy (non-hydrogen) atoms. The number of ether oxygens (including phenoxy) is 1. The van der Waals surface area contributed by atoms with Gasteiger partial charge in [-0.1, -0.05) is 30.3 Å². The van der Waals surface area contributed by atoms with Gasteiger partial charge in [0.2, 0.25) is 5.95 Å². The van der Waals surface area contributed by atoms with Crippen molar-refractivity contribution in [3.8, 4) is 17.4 Å². The molecule has 1 amide bonds. The molecule has 0 spiro atoms. The number of nitrogens with zero attached hydrogens (tertiary/aromatic N) is 4. The van der Waals surface area contributed by atoms with Crippen LogP contribution >= 0.6 is 0 Å². The van der Waals surface area contributed by atoms with E-state index in [-0.39, 0.29) is 5.91 Å². The average molecular weight is 357 g/mol. The highest BCUT2D eigenvalue weighted by Crippen LogP contribution is 2.25. The molecule has 2 heterocycles. The summed E-state index contributed by atoms with van der Waals surface area (Å²) in [4.78, 5) is 25.1. The maximum Gasteiger partial charge on any atom is 0.259 e. The zero-order chi connectivity index (χ0) is 18.5. The third-order valence-corrected chi connectivity index (χ3v) is 3.73.